The van der Waals surface area contributed by atoms with Crippen LogP contribution in [0.3, 0.4) is 0 Å². The molecule has 0 bridgehead atoms. The lowest BCUT2D eigenvalue weighted by molar-refractivity contribution is 0.0291. The summed E-state index contributed by atoms with van der Waals surface area (Å²) >= 11 is 0. The molecule has 2 N–H and O–H groups in total. The summed E-state index contributed by atoms with van der Waals surface area (Å²) in [6, 6.07) is 0. The van der Waals surface area contributed by atoms with Crippen molar-refractivity contribution in [3.05, 3.63) is 0 Å². The predicted molar refractivity (Wildman–Crippen MR) is 67.9 cm³/mol. The first kappa shape index (κ1) is 15.8. The zero-order valence-corrected chi connectivity index (χ0v) is 11.2. The molecule has 0 heterocycles. The van der Waals surface area contributed by atoms with Crippen molar-refractivity contribution in [1.29, 1.82) is 0 Å². The average molecular weight is 232 g/mol. The second-order valence-corrected chi connectivity index (χ2v) is 4.45. The Bertz CT molecular complexity index is 143. The van der Waals surface area contributed by atoms with Crippen LogP contribution in [0.1, 0.15) is 20.3 Å². The Morgan fingerprint density at radius 1 is 1.00 bits per heavy atom. The summed E-state index contributed by atoms with van der Waals surface area (Å²) in [5, 5.41) is 6.75. The maximum Gasteiger partial charge on any atom is 0.0928 e. The van der Waals surface area contributed by atoms with E-state index in [2.05, 4.69) is 24.5 Å². The van der Waals surface area contributed by atoms with E-state index in [4.69, 9.17) is 9.47 Å². The van der Waals surface area contributed by atoms with E-state index in [1.807, 2.05) is 0 Å². The van der Waals surface area contributed by atoms with Crippen molar-refractivity contribution in [2.24, 2.45) is 5.92 Å². The normalized spacial score (nSPS) is 13.3. The topological polar surface area (TPSA) is 42.5 Å². The molecule has 1 unspecified atom stereocenters. The molecule has 16 heavy (non-hydrogen) atoms. The number of hydrogen-bond donors (Lipinski definition) is 2. The molecule has 0 aliphatic carbocycles. The molecule has 4 nitrogen and oxygen atoms in total. The van der Waals surface area contributed by atoms with Crippen molar-refractivity contribution in [3.63, 3.8) is 0 Å². The molecule has 0 radical (unpaired) electrons. The molecule has 0 rings (SSSR count). The highest BCUT2D eigenvalue weighted by molar-refractivity contribution is 4.61. The van der Waals surface area contributed by atoms with E-state index in [1.54, 1.807) is 14.2 Å². The molecule has 0 amide bonds. The van der Waals surface area contributed by atoms with Gasteiger partial charge in [0.15, 0.2) is 0 Å². The Morgan fingerprint density at radius 3 is 2.25 bits per heavy atom. The first-order valence-electron chi connectivity index (χ1n) is 6.13. The largest absolute Gasteiger partial charge is 0.382 e. The summed E-state index contributed by atoms with van der Waals surface area (Å²) in [4.78, 5) is 0. The van der Waals surface area contributed by atoms with Gasteiger partial charge in [-0.15, -0.1) is 0 Å². The highest BCUT2D eigenvalue weighted by Gasteiger charge is 2.04. The molecule has 0 saturated carbocycles. The van der Waals surface area contributed by atoms with Crippen molar-refractivity contribution >= 4 is 0 Å². The van der Waals surface area contributed by atoms with Gasteiger partial charge in [-0.05, 0) is 18.9 Å². The van der Waals surface area contributed by atoms with Crippen molar-refractivity contribution in [3.8, 4) is 0 Å². The van der Waals surface area contributed by atoms with Gasteiger partial charge in [0.2, 0.25) is 0 Å². The van der Waals surface area contributed by atoms with E-state index < -0.39 is 0 Å². The van der Waals surface area contributed by atoms with Crippen LogP contribution < -0.4 is 10.6 Å². The maximum absolute atomic E-state index is 5.24. The lowest BCUT2D eigenvalue weighted by atomic mass is 10.1. The van der Waals surface area contributed by atoms with Crippen LogP contribution in [0, 0.1) is 5.92 Å². The van der Waals surface area contributed by atoms with Crippen LogP contribution in [-0.4, -0.2) is 53.1 Å². The smallest absolute Gasteiger partial charge is 0.0928 e. The quantitative estimate of drug-likeness (QED) is 0.519. The second-order valence-electron chi connectivity index (χ2n) is 4.45. The lowest BCUT2D eigenvalue weighted by Crippen LogP contribution is -2.36. The summed E-state index contributed by atoms with van der Waals surface area (Å²) in [6.07, 6.45) is 1.39. The van der Waals surface area contributed by atoms with Gasteiger partial charge >= 0.3 is 0 Å². The summed E-state index contributed by atoms with van der Waals surface area (Å²) in [7, 11) is 3.41. The molecule has 1 atom stereocenters. The Labute approximate surface area is 100 Å². The summed E-state index contributed by atoms with van der Waals surface area (Å²) in [5.74, 6) is 0.778. The molecule has 0 spiro atoms. The average Bonchev–Trinajstić information content (AvgIpc) is 2.26. The van der Waals surface area contributed by atoms with Crippen LogP contribution in [0.4, 0.5) is 0 Å². The van der Waals surface area contributed by atoms with Gasteiger partial charge < -0.3 is 20.1 Å². The van der Waals surface area contributed by atoms with Gasteiger partial charge in [-0.25, -0.2) is 0 Å². The van der Waals surface area contributed by atoms with Crippen LogP contribution >= 0.6 is 0 Å². The summed E-state index contributed by atoms with van der Waals surface area (Å²) in [5.41, 5.74) is 0. The van der Waals surface area contributed by atoms with Crippen molar-refractivity contribution in [2.75, 3.05) is 47.0 Å². The molecule has 98 valence electrons. The Balaban J connectivity index is 3.19. The highest BCUT2D eigenvalue weighted by atomic mass is 16.5. The van der Waals surface area contributed by atoms with Gasteiger partial charge in [0.25, 0.3) is 0 Å². The highest BCUT2D eigenvalue weighted by Crippen LogP contribution is 1.95. The minimum Gasteiger partial charge on any atom is -0.382 e. The molecule has 0 aromatic rings. The third-order valence-electron chi connectivity index (χ3n) is 2.43. The fourth-order valence-corrected chi connectivity index (χ4v) is 1.35. The van der Waals surface area contributed by atoms with Crippen molar-refractivity contribution in [2.45, 2.75) is 26.4 Å². The van der Waals surface area contributed by atoms with E-state index in [-0.39, 0.29) is 6.10 Å². The third-order valence-corrected chi connectivity index (χ3v) is 2.43. The lowest BCUT2D eigenvalue weighted by Gasteiger charge is -2.15. The van der Waals surface area contributed by atoms with E-state index in [0.717, 1.165) is 32.1 Å². The molecule has 0 fully saturated rings. The summed E-state index contributed by atoms with van der Waals surface area (Å²) < 4.78 is 10.3. The molecule has 0 aromatic carbocycles. The Hall–Kier alpha value is -0.160. The SMILES string of the molecule is COCC(CNCCNCCC(C)C)OC. The fraction of sp³-hybridized carbons (Fsp3) is 1.00. The zero-order chi connectivity index (χ0) is 12.2. The van der Waals surface area contributed by atoms with Crippen molar-refractivity contribution < 1.29 is 9.47 Å². The minimum atomic E-state index is 0.153. The molecule has 0 saturated heterocycles. The summed E-state index contributed by atoms with van der Waals surface area (Å²) in [6.45, 7) is 9.06. The van der Waals surface area contributed by atoms with Gasteiger partial charge in [-0.1, -0.05) is 13.8 Å². The number of rotatable bonds is 11. The zero-order valence-electron chi connectivity index (χ0n) is 11.2. The number of nitrogens with one attached hydrogen (secondary N) is 2. The molecule has 0 aromatic heterocycles. The molecular formula is C12H28N2O2. The number of ether oxygens (including phenoxy) is 2. The monoisotopic (exact) mass is 232 g/mol. The maximum atomic E-state index is 5.24. The molecule has 0 aliphatic heterocycles. The molecular weight excluding hydrogens is 204 g/mol. The third kappa shape index (κ3) is 10.4. The minimum absolute atomic E-state index is 0.153. The van der Waals surface area contributed by atoms with Gasteiger partial charge in [-0.3, -0.25) is 0 Å². The van der Waals surface area contributed by atoms with Gasteiger partial charge in [-0.2, -0.15) is 0 Å². The van der Waals surface area contributed by atoms with Crippen molar-refractivity contribution in [1.82, 2.24) is 10.6 Å². The van der Waals surface area contributed by atoms with Crippen LogP contribution in [-0.2, 0) is 9.47 Å². The van der Waals surface area contributed by atoms with Gasteiger partial charge in [0.1, 0.15) is 0 Å². The van der Waals surface area contributed by atoms with Gasteiger partial charge in [0, 0.05) is 33.9 Å². The first-order valence-corrected chi connectivity index (χ1v) is 6.13. The van der Waals surface area contributed by atoms with Gasteiger partial charge in [0.05, 0.1) is 12.7 Å². The van der Waals surface area contributed by atoms with Crippen LogP contribution in [0.25, 0.3) is 0 Å². The van der Waals surface area contributed by atoms with Crippen LogP contribution in [0.15, 0.2) is 0 Å². The number of methoxy groups -OCH3 is 2. The van der Waals surface area contributed by atoms with E-state index in [1.165, 1.54) is 6.42 Å². The second kappa shape index (κ2) is 11.3. The van der Waals surface area contributed by atoms with E-state index >= 15 is 0 Å². The molecule has 0 aliphatic rings. The predicted octanol–water partition coefficient (Wildman–Crippen LogP) is 0.873. The van der Waals surface area contributed by atoms with Crippen LogP contribution in [0.5, 0.6) is 0 Å². The molecule has 4 heteroatoms. The fourth-order valence-electron chi connectivity index (χ4n) is 1.35. The van der Waals surface area contributed by atoms with Crippen LogP contribution in [0.2, 0.25) is 0 Å². The Morgan fingerprint density at radius 2 is 1.69 bits per heavy atom. The van der Waals surface area contributed by atoms with E-state index in [9.17, 15) is 0 Å². The van der Waals surface area contributed by atoms with E-state index in [0.29, 0.717) is 6.61 Å². The Kier molecular flexibility index (Phi) is 11.2. The standard InChI is InChI=1S/C12H28N2O2/c1-11(2)5-6-13-7-8-14-9-12(16-4)10-15-3/h11-14H,5-10H2,1-4H3. The first-order chi connectivity index (χ1) is 7.70. The number of hydrogen-bond acceptors (Lipinski definition) is 4.